The van der Waals surface area contributed by atoms with E-state index < -0.39 is 0 Å². The minimum Gasteiger partial charge on any atom is -0.493 e. The fourth-order valence-electron chi connectivity index (χ4n) is 3.61. The Morgan fingerprint density at radius 3 is 2.79 bits per heavy atom. The van der Waals surface area contributed by atoms with Crippen LogP contribution < -0.4 is 4.74 Å². The van der Waals surface area contributed by atoms with Crippen LogP contribution in [-0.2, 0) is 22.4 Å². The van der Waals surface area contributed by atoms with Gasteiger partial charge in [0, 0.05) is 18.9 Å². The summed E-state index contributed by atoms with van der Waals surface area (Å²) in [4.78, 5) is 15.7. The Morgan fingerprint density at radius 1 is 1.24 bits per heavy atom. The molecule has 0 amide bonds. The summed E-state index contributed by atoms with van der Waals surface area (Å²) >= 11 is 0. The quantitative estimate of drug-likeness (QED) is 0.552. The highest BCUT2D eigenvalue weighted by Crippen LogP contribution is 2.36. The lowest BCUT2D eigenvalue weighted by Crippen LogP contribution is -2.05. The van der Waals surface area contributed by atoms with Crippen molar-refractivity contribution in [3.63, 3.8) is 0 Å². The Kier molecular flexibility index (Phi) is 5.34. The van der Waals surface area contributed by atoms with E-state index in [1.807, 2.05) is 25.1 Å². The van der Waals surface area contributed by atoms with Gasteiger partial charge in [-0.3, -0.25) is 4.79 Å². The van der Waals surface area contributed by atoms with Crippen LogP contribution in [0.25, 0.3) is 11.5 Å². The zero-order valence-corrected chi connectivity index (χ0v) is 16.4. The van der Waals surface area contributed by atoms with Crippen molar-refractivity contribution < 1.29 is 23.1 Å². The van der Waals surface area contributed by atoms with Crippen LogP contribution in [0.5, 0.6) is 5.75 Å². The maximum absolute atomic E-state index is 13.1. The van der Waals surface area contributed by atoms with Gasteiger partial charge in [0.25, 0.3) is 0 Å². The number of hydrogen-bond donors (Lipinski definition) is 0. The molecule has 6 heteroatoms. The third-order valence-corrected chi connectivity index (χ3v) is 5.04. The van der Waals surface area contributed by atoms with E-state index >= 15 is 0 Å². The van der Waals surface area contributed by atoms with Crippen molar-refractivity contribution in [3.8, 4) is 17.2 Å². The predicted molar refractivity (Wildman–Crippen MR) is 105 cm³/mol. The molecule has 0 fully saturated rings. The Bertz CT molecular complexity index is 1030. The molecule has 29 heavy (non-hydrogen) atoms. The van der Waals surface area contributed by atoms with E-state index in [9.17, 15) is 9.18 Å². The molecule has 150 valence electrons. The van der Waals surface area contributed by atoms with Crippen molar-refractivity contribution in [3.05, 3.63) is 70.9 Å². The number of hydrogen-bond acceptors (Lipinski definition) is 5. The first-order valence-electron chi connectivity index (χ1n) is 9.64. The molecule has 0 bridgehead atoms. The van der Waals surface area contributed by atoms with Gasteiger partial charge < -0.3 is 13.9 Å². The summed E-state index contributed by atoms with van der Waals surface area (Å²) in [5.41, 5.74) is 3.77. The molecule has 5 nitrogen and oxygen atoms in total. The number of nitrogens with zero attached hydrogens (tertiary/aromatic N) is 1. The van der Waals surface area contributed by atoms with Crippen LogP contribution in [0.15, 0.2) is 46.9 Å². The number of aryl methyl sites for hydroxylation is 2. The van der Waals surface area contributed by atoms with E-state index in [2.05, 4.69) is 4.98 Å². The van der Waals surface area contributed by atoms with Crippen LogP contribution in [-0.4, -0.2) is 17.6 Å². The average molecular weight is 395 g/mol. The predicted octanol–water partition coefficient (Wildman–Crippen LogP) is 4.96. The summed E-state index contributed by atoms with van der Waals surface area (Å²) in [7, 11) is 0. The van der Waals surface area contributed by atoms with Crippen LogP contribution in [0.3, 0.4) is 0 Å². The molecular formula is C23H22FNO4. The normalized spacial score (nSPS) is 15.2. The first kappa shape index (κ1) is 19.2. The van der Waals surface area contributed by atoms with Gasteiger partial charge in [-0.2, -0.15) is 0 Å². The van der Waals surface area contributed by atoms with Crippen LogP contribution in [0.1, 0.15) is 42.0 Å². The standard InChI is InChI=1S/C23H22FNO4/c1-14-21(25-23(28-14)16-3-6-18(24)7-4-16)11-12-27-19-8-9-20-17(13-19)5-10-22(20)29-15(2)26/h3-4,6-9,13,22H,5,10-12H2,1-2H3. The van der Waals surface area contributed by atoms with E-state index in [-0.39, 0.29) is 17.9 Å². The van der Waals surface area contributed by atoms with Crippen LogP contribution >= 0.6 is 0 Å². The number of halogens is 1. The number of fused-ring (bicyclic) bond motifs is 1. The summed E-state index contributed by atoms with van der Waals surface area (Å²) in [6.45, 7) is 3.76. The third-order valence-electron chi connectivity index (χ3n) is 5.04. The monoisotopic (exact) mass is 395 g/mol. The van der Waals surface area contributed by atoms with Gasteiger partial charge in [-0.25, -0.2) is 9.37 Å². The second kappa shape index (κ2) is 8.07. The minimum atomic E-state index is -0.292. The van der Waals surface area contributed by atoms with Crippen molar-refractivity contribution in [1.82, 2.24) is 4.98 Å². The number of carbonyl (C=O) groups excluding carboxylic acids is 1. The van der Waals surface area contributed by atoms with Gasteiger partial charge in [-0.15, -0.1) is 0 Å². The van der Waals surface area contributed by atoms with Gasteiger partial charge in [0.2, 0.25) is 5.89 Å². The lowest BCUT2D eigenvalue weighted by Gasteiger charge is -2.12. The molecule has 3 aromatic rings. The molecular weight excluding hydrogens is 373 g/mol. The number of rotatable bonds is 6. The number of aromatic nitrogens is 1. The fourth-order valence-corrected chi connectivity index (χ4v) is 3.61. The summed E-state index contributed by atoms with van der Waals surface area (Å²) in [5, 5.41) is 0. The van der Waals surface area contributed by atoms with Gasteiger partial charge in [-0.05, 0) is 67.3 Å². The van der Waals surface area contributed by atoms with E-state index in [4.69, 9.17) is 13.9 Å². The molecule has 4 rings (SSSR count). The SMILES string of the molecule is CC(=O)OC1CCc2cc(OCCc3nc(-c4ccc(F)cc4)oc3C)ccc21. The Balaban J connectivity index is 1.37. The Hall–Kier alpha value is -3.15. The highest BCUT2D eigenvalue weighted by atomic mass is 19.1. The molecule has 0 radical (unpaired) electrons. The Labute approximate surface area is 168 Å². The highest BCUT2D eigenvalue weighted by Gasteiger charge is 2.25. The number of carbonyl (C=O) groups is 1. The topological polar surface area (TPSA) is 61.6 Å². The molecule has 1 aromatic heterocycles. The first-order valence-corrected chi connectivity index (χ1v) is 9.64. The number of esters is 1. The van der Waals surface area contributed by atoms with Crippen LogP contribution in [0.2, 0.25) is 0 Å². The zero-order chi connectivity index (χ0) is 20.4. The van der Waals surface area contributed by atoms with E-state index in [0.717, 1.165) is 46.7 Å². The number of ether oxygens (including phenoxy) is 2. The lowest BCUT2D eigenvalue weighted by molar-refractivity contribution is -0.146. The molecule has 1 heterocycles. The van der Waals surface area contributed by atoms with E-state index in [1.54, 1.807) is 12.1 Å². The van der Waals surface area contributed by atoms with E-state index in [0.29, 0.717) is 18.9 Å². The summed E-state index contributed by atoms with van der Waals surface area (Å²) in [6.07, 6.45) is 2.12. The summed E-state index contributed by atoms with van der Waals surface area (Å²) < 4.78 is 30.1. The van der Waals surface area contributed by atoms with Crippen molar-refractivity contribution in [2.45, 2.75) is 39.2 Å². The molecule has 0 N–H and O–H groups in total. The van der Waals surface area contributed by atoms with Crippen LogP contribution in [0, 0.1) is 12.7 Å². The molecule has 0 spiro atoms. The third kappa shape index (κ3) is 4.31. The zero-order valence-electron chi connectivity index (χ0n) is 16.4. The molecule has 1 aliphatic rings. The van der Waals surface area contributed by atoms with Gasteiger partial charge in [0.05, 0.1) is 12.3 Å². The molecule has 0 saturated heterocycles. The Morgan fingerprint density at radius 2 is 2.03 bits per heavy atom. The molecule has 2 aromatic carbocycles. The highest BCUT2D eigenvalue weighted by molar-refractivity contribution is 5.66. The molecule has 0 saturated carbocycles. The molecule has 0 aliphatic heterocycles. The lowest BCUT2D eigenvalue weighted by atomic mass is 10.1. The maximum Gasteiger partial charge on any atom is 0.303 e. The summed E-state index contributed by atoms with van der Waals surface area (Å²) in [6, 6.07) is 12.0. The molecule has 1 aliphatic carbocycles. The smallest absolute Gasteiger partial charge is 0.303 e. The maximum atomic E-state index is 13.1. The van der Waals surface area contributed by atoms with Crippen molar-refractivity contribution >= 4 is 5.97 Å². The number of oxazole rings is 1. The fraction of sp³-hybridized carbons (Fsp3) is 0.304. The van der Waals surface area contributed by atoms with Gasteiger partial charge in [0.15, 0.2) is 0 Å². The second-order valence-corrected chi connectivity index (χ2v) is 7.12. The minimum absolute atomic E-state index is 0.154. The van der Waals surface area contributed by atoms with Crippen molar-refractivity contribution in [2.24, 2.45) is 0 Å². The van der Waals surface area contributed by atoms with Gasteiger partial charge >= 0.3 is 5.97 Å². The largest absolute Gasteiger partial charge is 0.493 e. The van der Waals surface area contributed by atoms with Gasteiger partial charge in [0.1, 0.15) is 23.4 Å². The van der Waals surface area contributed by atoms with Crippen LogP contribution in [0.4, 0.5) is 4.39 Å². The summed E-state index contributed by atoms with van der Waals surface area (Å²) in [5.74, 6) is 1.44. The molecule has 1 unspecified atom stereocenters. The van der Waals surface area contributed by atoms with Crippen molar-refractivity contribution in [1.29, 1.82) is 0 Å². The average Bonchev–Trinajstić information content (AvgIpc) is 3.25. The first-order chi connectivity index (χ1) is 14.0. The number of benzene rings is 2. The van der Waals surface area contributed by atoms with Gasteiger partial charge in [-0.1, -0.05) is 6.07 Å². The van der Waals surface area contributed by atoms with Crippen molar-refractivity contribution in [2.75, 3.05) is 6.61 Å². The second-order valence-electron chi connectivity index (χ2n) is 7.12. The molecule has 1 atom stereocenters. The van der Waals surface area contributed by atoms with E-state index in [1.165, 1.54) is 19.1 Å².